The summed E-state index contributed by atoms with van der Waals surface area (Å²) < 4.78 is 13.1. The molecule has 0 spiro atoms. The molecule has 2 aromatic heterocycles. The van der Waals surface area contributed by atoms with Crippen LogP contribution >= 0.6 is 0 Å². The molecule has 0 saturated heterocycles. The van der Waals surface area contributed by atoms with Crippen LogP contribution in [0.25, 0.3) is 0 Å². The van der Waals surface area contributed by atoms with Gasteiger partial charge in [-0.3, -0.25) is 4.79 Å². The SMILES string of the molecule is COC(C)(C)C(C)(C)O[B]c1cc(Nc2ccnc(C3CC3)n2)c(=O)n(C)c1. The summed E-state index contributed by atoms with van der Waals surface area (Å²) in [5.74, 6) is 1.90. The van der Waals surface area contributed by atoms with E-state index in [2.05, 4.69) is 15.3 Å². The van der Waals surface area contributed by atoms with Crippen LogP contribution in [0.4, 0.5) is 11.5 Å². The Hall–Kier alpha value is -2.19. The topological polar surface area (TPSA) is 78.3 Å². The fraction of sp³-hybridized carbons (Fsp3) is 0.550. The minimum Gasteiger partial charge on any atom is -0.427 e. The molecule has 2 heterocycles. The van der Waals surface area contributed by atoms with E-state index in [1.165, 1.54) is 4.57 Å². The van der Waals surface area contributed by atoms with Gasteiger partial charge in [0.2, 0.25) is 0 Å². The summed E-state index contributed by atoms with van der Waals surface area (Å²) in [4.78, 5) is 21.4. The van der Waals surface area contributed by atoms with E-state index >= 15 is 0 Å². The van der Waals surface area contributed by atoms with Gasteiger partial charge in [0.05, 0.1) is 11.2 Å². The van der Waals surface area contributed by atoms with Crippen molar-refractivity contribution in [2.75, 3.05) is 12.4 Å². The van der Waals surface area contributed by atoms with Crippen molar-refractivity contribution in [1.82, 2.24) is 14.5 Å². The van der Waals surface area contributed by atoms with Gasteiger partial charge in [-0.25, -0.2) is 9.97 Å². The largest absolute Gasteiger partial charge is 0.427 e. The van der Waals surface area contributed by atoms with E-state index in [0.29, 0.717) is 17.4 Å². The maximum Gasteiger partial charge on any atom is 0.332 e. The third kappa shape index (κ3) is 4.44. The quantitative estimate of drug-likeness (QED) is 0.705. The second-order valence-electron chi connectivity index (χ2n) is 8.26. The summed E-state index contributed by atoms with van der Waals surface area (Å²) >= 11 is 0. The van der Waals surface area contributed by atoms with Crippen molar-refractivity contribution in [3.63, 3.8) is 0 Å². The zero-order chi connectivity index (χ0) is 20.5. The number of pyridine rings is 1. The molecule has 8 heteroatoms. The smallest absolute Gasteiger partial charge is 0.332 e. The van der Waals surface area contributed by atoms with Crippen LogP contribution in [-0.4, -0.2) is 40.3 Å². The number of hydrogen-bond acceptors (Lipinski definition) is 6. The Morgan fingerprint density at radius 2 is 1.96 bits per heavy atom. The van der Waals surface area contributed by atoms with Crippen LogP contribution in [0.2, 0.25) is 0 Å². The molecule has 1 aliphatic carbocycles. The maximum absolute atomic E-state index is 12.5. The molecule has 7 nitrogen and oxygen atoms in total. The Morgan fingerprint density at radius 1 is 1.25 bits per heavy atom. The number of methoxy groups -OCH3 is 1. The van der Waals surface area contributed by atoms with E-state index in [1.54, 1.807) is 46.2 Å². The molecule has 149 valence electrons. The summed E-state index contributed by atoms with van der Waals surface area (Å²) in [5, 5.41) is 3.13. The number of hydrogen-bond donors (Lipinski definition) is 1. The van der Waals surface area contributed by atoms with E-state index in [4.69, 9.17) is 9.39 Å². The van der Waals surface area contributed by atoms with Crippen molar-refractivity contribution >= 4 is 24.5 Å². The second kappa shape index (κ2) is 7.68. The molecule has 1 fully saturated rings. The van der Waals surface area contributed by atoms with Gasteiger partial charge in [0, 0.05) is 32.5 Å². The van der Waals surface area contributed by atoms with Gasteiger partial charge < -0.3 is 19.3 Å². The number of aromatic nitrogens is 3. The first-order chi connectivity index (χ1) is 13.1. The summed E-state index contributed by atoms with van der Waals surface area (Å²) in [6.07, 6.45) is 5.71. The molecule has 1 N–H and O–H groups in total. The van der Waals surface area contributed by atoms with E-state index in [0.717, 1.165) is 24.1 Å². The normalized spacial score (nSPS) is 14.8. The number of aryl methyl sites for hydroxylation is 1. The number of nitrogens with zero attached hydrogens (tertiary/aromatic N) is 3. The Kier molecular flexibility index (Phi) is 5.63. The number of rotatable bonds is 8. The van der Waals surface area contributed by atoms with Gasteiger partial charge in [0.25, 0.3) is 5.56 Å². The number of nitrogens with one attached hydrogen (secondary N) is 1. The summed E-state index contributed by atoms with van der Waals surface area (Å²) in [5.41, 5.74) is 0.0201. The van der Waals surface area contributed by atoms with E-state index in [9.17, 15) is 4.79 Å². The lowest BCUT2D eigenvalue weighted by Crippen LogP contribution is -2.50. The highest BCUT2D eigenvalue weighted by molar-refractivity contribution is 6.47. The lowest BCUT2D eigenvalue weighted by Gasteiger charge is -2.40. The van der Waals surface area contributed by atoms with E-state index in [1.807, 2.05) is 27.7 Å². The third-order valence-corrected chi connectivity index (χ3v) is 5.53. The predicted octanol–water partition coefficient (Wildman–Crippen LogP) is 2.26. The Bertz CT molecular complexity index is 907. The Balaban J connectivity index is 1.79. The average Bonchev–Trinajstić information content (AvgIpc) is 3.49. The first kappa shape index (κ1) is 20.5. The molecule has 28 heavy (non-hydrogen) atoms. The lowest BCUT2D eigenvalue weighted by molar-refractivity contribution is -0.114. The summed E-state index contributed by atoms with van der Waals surface area (Å²) in [7, 11) is 5.03. The van der Waals surface area contributed by atoms with Gasteiger partial charge in [0.1, 0.15) is 17.3 Å². The third-order valence-electron chi connectivity index (χ3n) is 5.53. The molecule has 3 rings (SSSR count). The van der Waals surface area contributed by atoms with Gasteiger partial charge in [-0.15, -0.1) is 0 Å². The average molecular weight is 383 g/mol. The highest BCUT2D eigenvalue weighted by atomic mass is 16.5. The van der Waals surface area contributed by atoms with E-state index < -0.39 is 11.2 Å². The van der Waals surface area contributed by atoms with Crippen molar-refractivity contribution in [1.29, 1.82) is 0 Å². The molecule has 1 aliphatic rings. The van der Waals surface area contributed by atoms with Crippen LogP contribution in [0.5, 0.6) is 0 Å². The van der Waals surface area contributed by atoms with Crippen molar-refractivity contribution in [2.45, 2.75) is 57.7 Å². The Labute approximate surface area is 166 Å². The fourth-order valence-electron chi connectivity index (χ4n) is 2.61. The van der Waals surface area contributed by atoms with Gasteiger partial charge in [0.15, 0.2) is 0 Å². The highest BCUT2D eigenvalue weighted by Gasteiger charge is 2.38. The molecular formula is C20H28BN4O3. The van der Waals surface area contributed by atoms with E-state index in [-0.39, 0.29) is 5.56 Å². The maximum atomic E-state index is 12.5. The molecule has 0 atom stereocenters. The molecule has 0 bridgehead atoms. The van der Waals surface area contributed by atoms with Gasteiger partial charge in [-0.05, 0) is 58.1 Å². The first-order valence-electron chi connectivity index (χ1n) is 9.50. The van der Waals surface area contributed by atoms with Crippen molar-refractivity contribution < 1.29 is 9.39 Å². The zero-order valence-corrected chi connectivity index (χ0v) is 17.4. The molecule has 0 aliphatic heterocycles. The first-order valence-corrected chi connectivity index (χ1v) is 9.50. The standard InChI is InChI=1S/C20H28BN4O3/c1-19(2,27-6)20(3,4)28-21-14-11-15(18(26)25(5)12-14)23-16-9-10-22-17(24-16)13-7-8-13/h9-13H,7-8H2,1-6H3,(H,22,23,24). The predicted molar refractivity (Wildman–Crippen MR) is 111 cm³/mol. The minimum absolute atomic E-state index is 0.139. The summed E-state index contributed by atoms with van der Waals surface area (Å²) in [6, 6.07) is 3.53. The molecule has 0 amide bonds. The molecule has 0 unspecified atom stereocenters. The van der Waals surface area contributed by atoms with Gasteiger partial charge in [-0.1, -0.05) is 0 Å². The van der Waals surface area contributed by atoms with Gasteiger partial charge >= 0.3 is 7.48 Å². The van der Waals surface area contributed by atoms with Crippen molar-refractivity contribution in [3.8, 4) is 0 Å². The van der Waals surface area contributed by atoms with Crippen LogP contribution < -0.4 is 16.3 Å². The molecular weight excluding hydrogens is 355 g/mol. The molecule has 2 aromatic rings. The number of anilines is 2. The van der Waals surface area contributed by atoms with Crippen LogP contribution in [0, 0.1) is 0 Å². The van der Waals surface area contributed by atoms with Crippen LogP contribution in [0.1, 0.15) is 52.3 Å². The summed E-state index contributed by atoms with van der Waals surface area (Å²) in [6.45, 7) is 7.88. The fourth-order valence-corrected chi connectivity index (χ4v) is 2.61. The molecule has 1 radical (unpaired) electrons. The zero-order valence-electron chi connectivity index (χ0n) is 17.4. The second-order valence-corrected chi connectivity index (χ2v) is 8.26. The van der Waals surface area contributed by atoms with Crippen LogP contribution in [0.15, 0.2) is 29.3 Å². The van der Waals surface area contributed by atoms with Crippen molar-refractivity contribution in [3.05, 3.63) is 40.7 Å². The van der Waals surface area contributed by atoms with Gasteiger partial charge in [-0.2, -0.15) is 0 Å². The van der Waals surface area contributed by atoms with Crippen LogP contribution in [-0.2, 0) is 16.4 Å². The van der Waals surface area contributed by atoms with Crippen LogP contribution in [0.3, 0.4) is 0 Å². The Morgan fingerprint density at radius 3 is 2.61 bits per heavy atom. The minimum atomic E-state index is -0.560. The van der Waals surface area contributed by atoms with Crippen molar-refractivity contribution in [2.24, 2.45) is 7.05 Å². The number of ether oxygens (including phenoxy) is 1. The molecule has 0 aromatic carbocycles. The lowest BCUT2D eigenvalue weighted by atomic mass is 9.83. The highest BCUT2D eigenvalue weighted by Crippen LogP contribution is 2.38. The molecule has 1 saturated carbocycles. The monoisotopic (exact) mass is 383 g/mol.